The van der Waals surface area contributed by atoms with E-state index < -0.39 is 5.41 Å². The van der Waals surface area contributed by atoms with Crippen LogP contribution in [0, 0.1) is 5.41 Å². The summed E-state index contributed by atoms with van der Waals surface area (Å²) in [6, 6.07) is 0. The quantitative estimate of drug-likeness (QED) is 0.530. The van der Waals surface area contributed by atoms with Crippen molar-refractivity contribution in [2.24, 2.45) is 5.41 Å². The molecule has 1 saturated carbocycles. The van der Waals surface area contributed by atoms with Gasteiger partial charge in [0.2, 0.25) is 0 Å². The Bertz CT molecular complexity index is 317. The number of carbonyl (C=O) groups excluding carboxylic acids is 3. The van der Waals surface area contributed by atoms with Crippen molar-refractivity contribution >= 4 is 17.3 Å². The van der Waals surface area contributed by atoms with E-state index in [-0.39, 0.29) is 24.0 Å². The first kappa shape index (κ1) is 15.0. The van der Waals surface area contributed by atoms with Gasteiger partial charge in [-0.25, -0.2) is 0 Å². The molecule has 18 heavy (non-hydrogen) atoms. The Morgan fingerprint density at radius 3 is 2.28 bits per heavy atom. The molecule has 1 rings (SSSR count). The zero-order valence-corrected chi connectivity index (χ0v) is 11.0. The molecule has 0 aromatic carbocycles. The van der Waals surface area contributed by atoms with Crippen LogP contribution in [0.1, 0.15) is 58.3 Å². The molecule has 0 aromatic rings. The standard InChI is InChI=1S/C14H22O4/c1-2-14(12(17)6-7-13(14)18)9-8-11(16)5-3-4-10-15/h15H,2-10H2,1H3. The topological polar surface area (TPSA) is 71.4 Å². The Morgan fingerprint density at radius 1 is 1.17 bits per heavy atom. The van der Waals surface area contributed by atoms with Crippen molar-refractivity contribution in [2.45, 2.75) is 58.3 Å². The van der Waals surface area contributed by atoms with Gasteiger partial charge in [0.1, 0.15) is 17.3 Å². The molecule has 0 aromatic heterocycles. The largest absolute Gasteiger partial charge is 0.396 e. The summed E-state index contributed by atoms with van der Waals surface area (Å²) in [6.45, 7) is 1.94. The summed E-state index contributed by atoms with van der Waals surface area (Å²) in [5.41, 5.74) is -0.868. The van der Waals surface area contributed by atoms with Gasteiger partial charge in [0.15, 0.2) is 0 Å². The smallest absolute Gasteiger partial charge is 0.146 e. The molecular weight excluding hydrogens is 232 g/mol. The summed E-state index contributed by atoms with van der Waals surface area (Å²) in [5.74, 6) is 0.111. The van der Waals surface area contributed by atoms with Crippen LogP contribution in [-0.2, 0) is 14.4 Å². The molecule has 0 amide bonds. The maximum Gasteiger partial charge on any atom is 0.146 e. The molecule has 0 spiro atoms. The maximum absolute atomic E-state index is 11.8. The van der Waals surface area contributed by atoms with Gasteiger partial charge in [0.05, 0.1) is 5.41 Å². The highest BCUT2D eigenvalue weighted by Gasteiger charge is 2.47. The van der Waals surface area contributed by atoms with Gasteiger partial charge < -0.3 is 5.11 Å². The first-order chi connectivity index (χ1) is 8.56. The van der Waals surface area contributed by atoms with Crippen molar-refractivity contribution in [2.75, 3.05) is 6.61 Å². The molecule has 0 heterocycles. The van der Waals surface area contributed by atoms with Gasteiger partial charge in [0.25, 0.3) is 0 Å². The summed E-state index contributed by atoms with van der Waals surface area (Å²) >= 11 is 0. The molecule has 1 aliphatic rings. The third-order valence-corrected chi connectivity index (χ3v) is 3.94. The predicted molar refractivity (Wildman–Crippen MR) is 67.1 cm³/mol. The minimum Gasteiger partial charge on any atom is -0.396 e. The van der Waals surface area contributed by atoms with Gasteiger partial charge >= 0.3 is 0 Å². The van der Waals surface area contributed by atoms with Crippen molar-refractivity contribution < 1.29 is 19.5 Å². The van der Waals surface area contributed by atoms with Crippen LogP contribution in [0.4, 0.5) is 0 Å². The molecule has 0 aliphatic heterocycles. The first-order valence-electron chi connectivity index (χ1n) is 6.76. The van der Waals surface area contributed by atoms with Crippen molar-refractivity contribution in [3.05, 3.63) is 0 Å². The van der Waals surface area contributed by atoms with E-state index in [0.717, 1.165) is 0 Å². The van der Waals surface area contributed by atoms with Crippen LogP contribution in [-0.4, -0.2) is 29.1 Å². The minimum absolute atomic E-state index is 0.0122. The Hall–Kier alpha value is -1.03. The molecule has 1 aliphatic carbocycles. The van der Waals surface area contributed by atoms with E-state index in [2.05, 4.69) is 0 Å². The second kappa shape index (κ2) is 6.78. The second-order valence-corrected chi connectivity index (χ2v) is 5.00. The number of hydrogen-bond acceptors (Lipinski definition) is 4. The fourth-order valence-corrected chi connectivity index (χ4v) is 2.62. The van der Waals surface area contributed by atoms with E-state index in [1.165, 1.54) is 0 Å². The normalized spacial score (nSPS) is 18.3. The number of Topliss-reactive ketones (excluding diaryl/α,β-unsaturated/α-hetero) is 3. The van der Waals surface area contributed by atoms with Crippen LogP contribution < -0.4 is 0 Å². The van der Waals surface area contributed by atoms with Crippen LogP contribution in [0.5, 0.6) is 0 Å². The number of carbonyl (C=O) groups is 3. The van der Waals surface area contributed by atoms with Gasteiger partial charge in [-0.3, -0.25) is 14.4 Å². The summed E-state index contributed by atoms with van der Waals surface area (Å²) in [6.07, 6.45) is 3.60. The van der Waals surface area contributed by atoms with E-state index in [1.807, 2.05) is 6.92 Å². The molecule has 0 radical (unpaired) electrons. The number of ketones is 3. The average molecular weight is 254 g/mol. The van der Waals surface area contributed by atoms with Gasteiger partial charge in [-0.05, 0) is 25.7 Å². The number of aliphatic hydroxyl groups excluding tert-OH is 1. The van der Waals surface area contributed by atoms with E-state index in [1.54, 1.807) is 0 Å². The minimum atomic E-state index is -0.868. The highest BCUT2D eigenvalue weighted by molar-refractivity contribution is 6.13. The lowest BCUT2D eigenvalue weighted by Crippen LogP contribution is -2.32. The molecule has 0 unspecified atom stereocenters. The van der Waals surface area contributed by atoms with Gasteiger partial charge in [-0.1, -0.05) is 6.92 Å². The average Bonchev–Trinajstić information content (AvgIpc) is 2.64. The Morgan fingerprint density at radius 2 is 1.78 bits per heavy atom. The zero-order valence-electron chi connectivity index (χ0n) is 11.0. The Labute approximate surface area is 108 Å². The molecule has 102 valence electrons. The number of aliphatic hydroxyl groups is 1. The molecule has 4 nitrogen and oxygen atoms in total. The highest BCUT2D eigenvalue weighted by Crippen LogP contribution is 2.39. The molecule has 1 fully saturated rings. The number of hydrogen-bond donors (Lipinski definition) is 1. The lowest BCUT2D eigenvalue weighted by Gasteiger charge is -2.23. The highest BCUT2D eigenvalue weighted by atomic mass is 16.3. The van der Waals surface area contributed by atoms with Gasteiger partial charge in [-0.15, -0.1) is 0 Å². The predicted octanol–water partition coefficient (Wildman–Crippen LogP) is 1.83. The first-order valence-corrected chi connectivity index (χ1v) is 6.76. The Balaban J connectivity index is 2.47. The summed E-state index contributed by atoms with van der Waals surface area (Å²) in [5, 5.41) is 8.63. The van der Waals surface area contributed by atoms with Crippen LogP contribution in [0.15, 0.2) is 0 Å². The van der Waals surface area contributed by atoms with Gasteiger partial charge in [0, 0.05) is 32.3 Å². The summed E-state index contributed by atoms with van der Waals surface area (Å²) in [4.78, 5) is 35.3. The van der Waals surface area contributed by atoms with Crippen LogP contribution in [0.2, 0.25) is 0 Å². The van der Waals surface area contributed by atoms with E-state index in [9.17, 15) is 14.4 Å². The summed E-state index contributed by atoms with van der Waals surface area (Å²) < 4.78 is 0. The van der Waals surface area contributed by atoms with E-state index >= 15 is 0 Å². The number of unbranched alkanes of at least 4 members (excludes halogenated alkanes) is 1. The van der Waals surface area contributed by atoms with Crippen molar-refractivity contribution in [1.82, 2.24) is 0 Å². The van der Waals surface area contributed by atoms with Crippen LogP contribution in [0.3, 0.4) is 0 Å². The van der Waals surface area contributed by atoms with Gasteiger partial charge in [-0.2, -0.15) is 0 Å². The SMILES string of the molecule is CCC1(CCC(=O)CCCCO)C(=O)CCC1=O. The van der Waals surface area contributed by atoms with Crippen molar-refractivity contribution in [3.8, 4) is 0 Å². The van der Waals surface area contributed by atoms with Crippen molar-refractivity contribution in [3.63, 3.8) is 0 Å². The fraction of sp³-hybridized carbons (Fsp3) is 0.786. The lowest BCUT2D eigenvalue weighted by molar-refractivity contribution is -0.136. The summed E-state index contributed by atoms with van der Waals surface area (Å²) in [7, 11) is 0. The monoisotopic (exact) mass is 254 g/mol. The third kappa shape index (κ3) is 3.25. The van der Waals surface area contributed by atoms with E-state index in [4.69, 9.17) is 5.11 Å². The molecule has 0 saturated heterocycles. The van der Waals surface area contributed by atoms with Crippen molar-refractivity contribution in [1.29, 1.82) is 0 Å². The lowest BCUT2D eigenvalue weighted by atomic mass is 9.77. The fourth-order valence-electron chi connectivity index (χ4n) is 2.62. The number of rotatable bonds is 8. The molecule has 0 atom stereocenters. The van der Waals surface area contributed by atoms with Crippen LogP contribution in [0.25, 0.3) is 0 Å². The Kier molecular flexibility index (Phi) is 5.66. The second-order valence-electron chi connectivity index (χ2n) is 5.00. The zero-order chi connectivity index (χ0) is 13.6. The maximum atomic E-state index is 11.8. The molecule has 0 bridgehead atoms. The molecule has 1 N–H and O–H groups in total. The molecule has 4 heteroatoms. The van der Waals surface area contributed by atoms with E-state index in [0.29, 0.717) is 51.4 Å². The molecular formula is C14H22O4. The van der Waals surface area contributed by atoms with Crippen LogP contribution >= 0.6 is 0 Å². The third-order valence-electron chi connectivity index (χ3n) is 3.94.